The molecule has 3 amide bonds. The van der Waals surface area contributed by atoms with Crippen molar-refractivity contribution in [2.45, 2.75) is 96.3 Å². The molecule has 0 spiro atoms. The highest BCUT2D eigenvalue weighted by molar-refractivity contribution is 5.83. The summed E-state index contributed by atoms with van der Waals surface area (Å²) in [6.45, 7) is 8.18. The lowest BCUT2D eigenvalue weighted by Crippen LogP contribution is -2.51. The molecule has 49 heavy (non-hydrogen) atoms. The molecule has 13 heteroatoms. The molecule has 3 fully saturated rings. The third-order valence-electron chi connectivity index (χ3n) is 9.60. The fourth-order valence-corrected chi connectivity index (χ4v) is 6.95. The predicted molar refractivity (Wildman–Crippen MR) is 169 cm³/mol. The number of ether oxygens (including phenoxy) is 1. The SMILES string of the molecule is Cc1ccccc1[C@@H]1CN(C(=O)C2CCN(C(=O)OC(C)(C)C)CC2)CC[C@H]1C(=O)N(Cc1cc(C(F)(F)F)cc(C(F)(F)F)c1)C1CC1. The van der Waals surface area contributed by atoms with E-state index in [-0.39, 0.29) is 55.0 Å². The van der Waals surface area contributed by atoms with Crippen molar-refractivity contribution in [1.82, 2.24) is 14.7 Å². The molecule has 7 nitrogen and oxygen atoms in total. The summed E-state index contributed by atoms with van der Waals surface area (Å²) in [5.41, 5.74) is -1.92. The summed E-state index contributed by atoms with van der Waals surface area (Å²) >= 11 is 0. The van der Waals surface area contributed by atoms with Gasteiger partial charge in [0, 0.05) is 56.5 Å². The van der Waals surface area contributed by atoms with E-state index in [2.05, 4.69) is 0 Å². The number of piperidine rings is 2. The van der Waals surface area contributed by atoms with E-state index in [0.29, 0.717) is 57.3 Å². The smallest absolute Gasteiger partial charge is 0.416 e. The highest BCUT2D eigenvalue weighted by Gasteiger charge is 2.44. The zero-order valence-corrected chi connectivity index (χ0v) is 28.2. The lowest BCUT2D eigenvalue weighted by Gasteiger charge is -2.42. The van der Waals surface area contributed by atoms with Crippen LogP contribution in [0.5, 0.6) is 0 Å². The van der Waals surface area contributed by atoms with E-state index in [0.717, 1.165) is 11.1 Å². The fraction of sp³-hybridized carbons (Fsp3) is 0.583. The first-order valence-electron chi connectivity index (χ1n) is 16.7. The number of likely N-dealkylation sites (tertiary alicyclic amines) is 2. The van der Waals surface area contributed by atoms with Gasteiger partial charge in [0.2, 0.25) is 11.8 Å². The Kier molecular flexibility index (Phi) is 10.3. The van der Waals surface area contributed by atoms with Crippen molar-refractivity contribution in [3.8, 4) is 0 Å². The number of aryl methyl sites for hydroxylation is 1. The van der Waals surface area contributed by atoms with Crippen LogP contribution < -0.4 is 0 Å². The third kappa shape index (κ3) is 8.88. The molecule has 2 saturated heterocycles. The highest BCUT2D eigenvalue weighted by atomic mass is 19.4. The van der Waals surface area contributed by atoms with Crippen LogP contribution in [-0.2, 0) is 33.2 Å². The maximum Gasteiger partial charge on any atom is 0.416 e. The summed E-state index contributed by atoms with van der Waals surface area (Å²) in [5.74, 6) is -1.76. The molecule has 5 rings (SSSR count). The summed E-state index contributed by atoms with van der Waals surface area (Å²) in [6, 6.07) is 8.69. The lowest BCUT2D eigenvalue weighted by atomic mass is 9.77. The third-order valence-corrected chi connectivity index (χ3v) is 9.60. The average Bonchev–Trinajstić information content (AvgIpc) is 3.87. The van der Waals surface area contributed by atoms with Gasteiger partial charge < -0.3 is 19.4 Å². The van der Waals surface area contributed by atoms with E-state index in [1.165, 1.54) is 4.90 Å². The van der Waals surface area contributed by atoms with Gasteiger partial charge in [0.05, 0.1) is 11.1 Å². The number of alkyl halides is 6. The molecule has 0 unspecified atom stereocenters. The summed E-state index contributed by atoms with van der Waals surface area (Å²) in [7, 11) is 0. The molecule has 268 valence electrons. The molecule has 0 bridgehead atoms. The van der Waals surface area contributed by atoms with E-state index in [1.54, 1.807) is 30.6 Å². The number of amides is 3. The van der Waals surface area contributed by atoms with Crippen LogP contribution in [0.1, 0.15) is 86.6 Å². The molecule has 0 N–H and O–H groups in total. The maximum absolute atomic E-state index is 14.3. The van der Waals surface area contributed by atoms with Gasteiger partial charge in [-0.2, -0.15) is 26.3 Å². The van der Waals surface area contributed by atoms with Gasteiger partial charge >= 0.3 is 18.4 Å². The number of hydrogen-bond donors (Lipinski definition) is 0. The van der Waals surface area contributed by atoms with Gasteiger partial charge in [-0.1, -0.05) is 24.3 Å². The van der Waals surface area contributed by atoms with Crippen LogP contribution in [0.15, 0.2) is 42.5 Å². The number of halogens is 6. The number of nitrogens with zero attached hydrogens (tertiary/aromatic N) is 3. The quantitative estimate of drug-likeness (QED) is 0.290. The predicted octanol–water partition coefficient (Wildman–Crippen LogP) is 7.80. The number of benzene rings is 2. The van der Waals surface area contributed by atoms with E-state index in [9.17, 15) is 40.7 Å². The number of carbonyl (C=O) groups excluding carboxylic acids is 3. The van der Waals surface area contributed by atoms with Crippen molar-refractivity contribution in [2.24, 2.45) is 11.8 Å². The Labute approximate surface area is 282 Å². The van der Waals surface area contributed by atoms with Gasteiger partial charge in [-0.25, -0.2) is 4.79 Å². The van der Waals surface area contributed by atoms with Gasteiger partial charge in [-0.15, -0.1) is 0 Å². The molecule has 2 aromatic rings. The van der Waals surface area contributed by atoms with Crippen LogP contribution >= 0.6 is 0 Å². The van der Waals surface area contributed by atoms with Gasteiger partial charge in [0.15, 0.2) is 0 Å². The normalized spacial score (nSPS) is 21.0. The van der Waals surface area contributed by atoms with Crippen LogP contribution in [0.3, 0.4) is 0 Å². The zero-order valence-electron chi connectivity index (χ0n) is 28.2. The lowest BCUT2D eigenvalue weighted by molar-refractivity contribution is -0.145. The molecule has 2 aliphatic heterocycles. The summed E-state index contributed by atoms with van der Waals surface area (Å²) in [4.78, 5) is 45.5. The number of rotatable bonds is 6. The Balaban J connectivity index is 1.36. The number of hydrogen-bond acceptors (Lipinski definition) is 4. The van der Waals surface area contributed by atoms with E-state index >= 15 is 0 Å². The van der Waals surface area contributed by atoms with Crippen molar-refractivity contribution in [3.05, 3.63) is 70.3 Å². The Morgan fingerprint density at radius 3 is 1.92 bits per heavy atom. The summed E-state index contributed by atoms with van der Waals surface area (Å²) in [6.07, 6.45) is -7.97. The number of carbonyl (C=O) groups is 3. The Hall–Kier alpha value is -3.77. The fourth-order valence-electron chi connectivity index (χ4n) is 6.95. The summed E-state index contributed by atoms with van der Waals surface area (Å²) in [5, 5.41) is 0. The monoisotopic (exact) mass is 695 g/mol. The molecule has 1 saturated carbocycles. The minimum absolute atomic E-state index is 0.0592. The highest BCUT2D eigenvalue weighted by Crippen LogP contribution is 2.41. The molecule has 2 heterocycles. The largest absolute Gasteiger partial charge is 0.444 e. The molecule has 2 aromatic carbocycles. The Morgan fingerprint density at radius 1 is 0.816 bits per heavy atom. The molecule has 0 aromatic heterocycles. The van der Waals surface area contributed by atoms with Crippen molar-refractivity contribution >= 4 is 17.9 Å². The van der Waals surface area contributed by atoms with E-state index < -0.39 is 47.0 Å². The second-order valence-electron chi connectivity index (χ2n) is 14.5. The van der Waals surface area contributed by atoms with Crippen LogP contribution in [-0.4, -0.2) is 70.4 Å². The van der Waals surface area contributed by atoms with Crippen LogP contribution in [0.2, 0.25) is 0 Å². The Morgan fingerprint density at radius 2 is 1.39 bits per heavy atom. The first-order chi connectivity index (χ1) is 22.8. The summed E-state index contributed by atoms with van der Waals surface area (Å²) < 4.78 is 87.2. The minimum atomic E-state index is -4.99. The molecule has 1 aliphatic carbocycles. The van der Waals surface area contributed by atoms with Crippen LogP contribution in [0.25, 0.3) is 0 Å². The van der Waals surface area contributed by atoms with Gasteiger partial charge in [0.25, 0.3) is 0 Å². The average molecular weight is 696 g/mol. The minimum Gasteiger partial charge on any atom is -0.444 e. The first kappa shape index (κ1) is 36.5. The molecule has 0 radical (unpaired) electrons. The maximum atomic E-state index is 14.3. The van der Waals surface area contributed by atoms with Crippen molar-refractivity contribution in [1.29, 1.82) is 0 Å². The van der Waals surface area contributed by atoms with E-state index in [4.69, 9.17) is 4.74 Å². The van der Waals surface area contributed by atoms with Crippen molar-refractivity contribution in [2.75, 3.05) is 26.2 Å². The van der Waals surface area contributed by atoms with Gasteiger partial charge in [-0.05, 0) is 94.7 Å². The molecule has 2 atom stereocenters. The second-order valence-corrected chi connectivity index (χ2v) is 14.5. The van der Waals surface area contributed by atoms with Crippen LogP contribution in [0.4, 0.5) is 31.1 Å². The first-order valence-corrected chi connectivity index (χ1v) is 16.7. The van der Waals surface area contributed by atoms with Crippen LogP contribution in [0, 0.1) is 18.8 Å². The van der Waals surface area contributed by atoms with Crippen molar-refractivity contribution in [3.63, 3.8) is 0 Å². The van der Waals surface area contributed by atoms with Crippen molar-refractivity contribution < 1.29 is 45.5 Å². The van der Waals surface area contributed by atoms with Gasteiger partial charge in [0.1, 0.15) is 5.60 Å². The molecular weight excluding hydrogens is 652 g/mol. The molecule has 3 aliphatic rings. The second kappa shape index (κ2) is 13.9. The Bertz CT molecular complexity index is 1510. The van der Waals surface area contributed by atoms with E-state index in [1.807, 2.05) is 31.2 Å². The van der Waals surface area contributed by atoms with Gasteiger partial charge in [-0.3, -0.25) is 9.59 Å². The zero-order chi connectivity index (χ0) is 35.9. The standard InChI is InChI=1S/C36H43F6N3O4/c1-22-7-5-6-8-28(22)30-21-44(31(46)24-11-14-43(15-12-24)33(48)49-34(2,3)4)16-13-29(30)32(47)45(27-9-10-27)20-23-17-25(35(37,38)39)19-26(18-23)36(40,41)42/h5-8,17-19,24,27,29-30H,9-16,20-21H2,1-4H3/t29-,30+/m1/s1. The molecular formula is C36H43F6N3O4. The topological polar surface area (TPSA) is 70.2 Å².